The molecule has 3 nitrogen and oxygen atoms in total. The van der Waals surface area contributed by atoms with Crippen LogP contribution >= 0.6 is 0 Å². The van der Waals surface area contributed by atoms with Gasteiger partial charge in [0.2, 0.25) is 0 Å². The number of aliphatic hydroxyl groups is 1. The van der Waals surface area contributed by atoms with Crippen molar-refractivity contribution in [2.75, 3.05) is 6.54 Å². The largest absolute Gasteiger partial charge is 0.384 e. The summed E-state index contributed by atoms with van der Waals surface area (Å²) in [5, 5.41) is 9.18. The smallest absolute Gasteiger partial charge is 0.162 e. The van der Waals surface area contributed by atoms with E-state index in [2.05, 4.69) is 6.92 Å². The van der Waals surface area contributed by atoms with E-state index in [0.29, 0.717) is 6.42 Å². The van der Waals surface area contributed by atoms with E-state index in [1.54, 1.807) is 0 Å². The van der Waals surface area contributed by atoms with Gasteiger partial charge in [0, 0.05) is 13.0 Å². The Hall–Kier alpha value is -0.410. The predicted molar refractivity (Wildman–Crippen MR) is 71.9 cm³/mol. The number of aliphatic hydroxyl groups excluding tert-OH is 1. The molecule has 3 heteroatoms. The molecule has 1 atom stereocenters. The molecule has 0 radical (unpaired) electrons. The Kier molecular flexibility index (Phi) is 11.8. The van der Waals surface area contributed by atoms with E-state index in [1.165, 1.54) is 44.9 Å². The average Bonchev–Trinajstić information content (AvgIpc) is 2.35. The van der Waals surface area contributed by atoms with Crippen LogP contribution in [0, 0.1) is 0 Å². The summed E-state index contributed by atoms with van der Waals surface area (Å²) >= 11 is 0. The molecule has 102 valence electrons. The second-order valence-electron chi connectivity index (χ2n) is 4.80. The quantitative estimate of drug-likeness (QED) is 0.518. The zero-order valence-electron chi connectivity index (χ0n) is 11.3. The summed E-state index contributed by atoms with van der Waals surface area (Å²) in [5.74, 6) is -0.101. The zero-order chi connectivity index (χ0) is 12.9. The molecule has 0 aromatic heterocycles. The van der Waals surface area contributed by atoms with Crippen LogP contribution in [0.15, 0.2) is 0 Å². The fraction of sp³-hybridized carbons (Fsp3) is 0.929. The molecule has 0 amide bonds. The number of carbonyl (C=O) groups excluding carboxylic acids is 1. The number of unbranched alkanes of at least 4 members (excludes halogenated alkanes) is 8. The molecule has 0 aromatic rings. The van der Waals surface area contributed by atoms with Gasteiger partial charge in [-0.05, 0) is 6.42 Å². The molecule has 0 aliphatic rings. The number of rotatable bonds is 12. The summed E-state index contributed by atoms with van der Waals surface area (Å²) in [6, 6.07) is 0. The molecule has 0 aliphatic carbocycles. The third-order valence-corrected chi connectivity index (χ3v) is 3.12. The van der Waals surface area contributed by atoms with Crippen molar-refractivity contribution >= 4 is 5.78 Å². The van der Waals surface area contributed by atoms with Gasteiger partial charge >= 0.3 is 0 Å². The van der Waals surface area contributed by atoms with Gasteiger partial charge in [-0.3, -0.25) is 4.79 Å². The maximum Gasteiger partial charge on any atom is 0.162 e. The van der Waals surface area contributed by atoms with Gasteiger partial charge in [-0.2, -0.15) is 0 Å². The fourth-order valence-electron chi connectivity index (χ4n) is 1.91. The first-order valence-corrected chi connectivity index (χ1v) is 7.13. The van der Waals surface area contributed by atoms with Gasteiger partial charge < -0.3 is 10.8 Å². The second kappa shape index (κ2) is 12.1. The molecule has 1 unspecified atom stereocenters. The van der Waals surface area contributed by atoms with Crippen molar-refractivity contribution in [3.63, 3.8) is 0 Å². The lowest BCUT2D eigenvalue weighted by molar-refractivity contribution is -0.126. The summed E-state index contributed by atoms with van der Waals surface area (Å²) in [6.07, 6.45) is 10.7. The summed E-state index contributed by atoms with van der Waals surface area (Å²) in [7, 11) is 0. The van der Waals surface area contributed by atoms with E-state index in [1.807, 2.05) is 0 Å². The van der Waals surface area contributed by atoms with Crippen LogP contribution in [0.25, 0.3) is 0 Å². The summed E-state index contributed by atoms with van der Waals surface area (Å²) in [4.78, 5) is 11.3. The number of hydrogen-bond acceptors (Lipinski definition) is 3. The van der Waals surface area contributed by atoms with E-state index < -0.39 is 6.10 Å². The molecule has 0 fully saturated rings. The monoisotopic (exact) mass is 243 g/mol. The lowest BCUT2D eigenvalue weighted by atomic mass is 10.0. The van der Waals surface area contributed by atoms with Crippen molar-refractivity contribution in [2.24, 2.45) is 5.73 Å². The van der Waals surface area contributed by atoms with Gasteiger partial charge in [0.15, 0.2) is 5.78 Å². The van der Waals surface area contributed by atoms with Crippen molar-refractivity contribution in [1.29, 1.82) is 0 Å². The molecule has 0 bridgehead atoms. The van der Waals surface area contributed by atoms with E-state index in [4.69, 9.17) is 5.73 Å². The molecule has 3 N–H and O–H groups in total. The number of nitrogens with two attached hydrogens (primary N) is 1. The summed E-state index contributed by atoms with van der Waals surface area (Å²) in [5.41, 5.74) is 5.21. The highest BCUT2D eigenvalue weighted by molar-refractivity contribution is 5.82. The number of hydrogen-bond donors (Lipinski definition) is 2. The SMILES string of the molecule is CCCCCCCCCCCC(=O)C(O)CN. The molecule has 17 heavy (non-hydrogen) atoms. The standard InChI is InChI=1S/C14H29NO2/c1-2-3-4-5-6-7-8-9-10-11-13(16)14(17)12-15/h14,17H,2-12,15H2,1H3. The summed E-state index contributed by atoms with van der Waals surface area (Å²) in [6.45, 7) is 2.28. The van der Waals surface area contributed by atoms with Crippen LogP contribution in [0.1, 0.15) is 71.1 Å². The van der Waals surface area contributed by atoms with Crippen molar-refractivity contribution in [3.05, 3.63) is 0 Å². The highest BCUT2D eigenvalue weighted by atomic mass is 16.3. The van der Waals surface area contributed by atoms with Crippen LogP contribution in [0.5, 0.6) is 0 Å². The van der Waals surface area contributed by atoms with Crippen molar-refractivity contribution < 1.29 is 9.90 Å². The lowest BCUT2D eigenvalue weighted by Gasteiger charge is -2.06. The summed E-state index contributed by atoms with van der Waals surface area (Å²) < 4.78 is 0. The second-order valence-corrected chi connectivity index (χ2v) is 4.80. The van der Waals surface area contributed by atoms with Crippen LogP contribution in [0.3, 0.4) is 0 Å². The molecule has 0 rings (SSSR count). The van der Waals surface area contributed by atoms with Gasteiger partial charge in [-0.25, -0.2) is 0 Å². The Balaban J connectivity index is 3.16. The third kappa shape index (κ3) is 10.5. The van der Waals surface area contributed by atoms with E-state index in [9.17, 15) is 9.90 Å². The molecule has 0 saturated carbocycles. The van der Waals surface area contributed by atoms with Crippen molar-refractivity contribution in [2.45, 2.75) is 77.2 Å². The number of carbonyl (C=O) groups is 1. The van der Waals surface area contributed by atoms with Crippen LogP contribution < -0.4 is 5.73 Å². The first-order chi connectivity index (χ1) is 8.22. The normalized spacial score (nSPS) is 12.6. The van der Waals surface area contributed by atoms with Crippen LogP contribution in [-0.2, 0) is 4.79 Å². The molecule has 0 saturated heterocycles. The fourth-order valence-corrected chi connectivity index (χ4v) is 1.91. The molecular weight excluding hydrogens is 214 g/mol. The molecule has 0 aliphatic heterocycles. The van der Waals surface area contributed by atoms with Crippen LogP contribution in [0.2, 0.25) is 0 Å². The Labute approximate surface area is 106 Å². The third-order valence-electron chi connectivity index (χ3n) is 3.12. The van der Waals surface area contributed by atoms with Gasteiger partial charge in [0.1, 0.15) is 6.10 Å². The van der Waals surface area contributed by atoms with Gasteiger partial charge in [0.25, 0.3) is 0 Å². The van der Waals surface area contributed by atoms with Gasteiger partial charge in [0.05, 0.1) is 0 Å². The minimum Gasteiger partial charge on any atom is -0.384 e. The minimum atomic E-state index is -0.941. The van der Waals surface area contributed by atoms with Crippen molar-refractivity contribution in [1.82, 2.24) is 0 Å². The molecule has 0 heterocycles. The zero-order valence-corrected chi connectivity index (χ0v) is 11.3. The maximum absolute atomic E-state index is 11.3. The van der Waals surface area contributed by atoms with Gasteiger partial charge in [-0.1, -0.05) is 58.3 Å². The average molecular weight is 243 g/mol. The van der Waals surface area contributed by atoms with E-state index >= 15 is 0 Å². The van der Waals surface area contributed by atoms with Crippen LogP contribution in [-0.4, -0.2) is 23.5 Å². The lowest BCUT2D eigenvalue weighted by Crippen LogP contribution is -2.28. The molecule has 0 spiro atoms. The Bertz CT molecular complexity index is 183. The Morgan fingerprint density at radius 3 is 1.94 bits per heavy atom. The first-order valence-electron chi connectivity index (χ1n) is 7.13. The molecular formula is C14H29NO2. The van der Waals surface area contributed by atoms with E-state index in [-0.39, 0.29) is 12.3 Å². The Morgan fingerprint density at radius 2 is 1.47 bits per heavy atom. The minimum absolute atomic E-state index is 0.0518. The number of Topliss-reactive ketones (excluding diaryl/α,β-unsaturated/α-hetero) is 1. The number of ketones is 1. The van der Waals surface area contributed by atoms with Gasteiger partial charge in [-0.15, -0.1) is 0 Å². The first kappa shape index (κ1) is 16.6. The predicted octanol–water partition coefficient (Wildman–Crippen LogP) is 2.80. The highest BCUT2D eigenvalue weighted by Crippen LogP contribution is 2.10. The van der Waals surface area contributed by atoms with E-state index in [0.717, 1.165) is 12.8 Å². The van der Waals surface area contributed by atoms with Crippen LogP contribution in [0.4, 0.5) is 0 Å². The van der Waals surface area contributed by atoms with Crippen molar-refractivity contribution in [3.8, 4) is 0 Å². The Morgan fingerprint density at radius 1 is 1.00 bits per heavy atom. The highest BCUT2D eigenvalue weighted by Gasteiger charge is 2.11. The maximum atomic E-state index is 11.3. The molecule has 0 aromatic carbocycles. The topological polar surface area (TPSA) is 63.3 Å².